The first-order chi connectivity index (χ1) is 8.13. The molecule has 0 radical (unpaired) electrons. The second-order valence-corrected chi connectivity index (χ2v) is 5.25. The Hall–Kier alpha value is -1.17. The topological polar surface area (TPSA) is 60.1 Å². The molecule has 0 atom stereocenters. The molecule has 0 amide bonds. The van der Waals surface area contributed by atoms with Gasteiger partial charge in [0.2, 0.25) is 5.16 Å². The van der Waals surface area contributed by atoms with Gasteiger partial charge in [0, 0.05) is 12.1 Å². The van der Waals surface area contributed by atoms with E-state index in [4.69, 9.17) is 0 Å². The first-order valence-corrected chi connectivity index (χ1v) is 6.94. The number of rotatable bonds is 4. The minimum absolute atomic E-state index is 0.122. The lowest BCUT2D eigenvalue weighted by Gasteiger charge is -2.05. The summed E-state index contributed by atoms with van der Waals surface area (Å²) in [6.07, 6.45) is 5.69. The molecule has 1 aromatic heterocycles. The van der Waals surface area contributed by atoms with E-state index in [1.54, 1.807) is 6.21 Å². The molecule has 6 heteroatoms. The number of hydrogen-bond acceptors (Lipinski definition) is 5. The van der Waals surface area contributed by atoms with Crippen LogP contribution in [0.4, 0.5) is 0 Å². The summed E-state index contributed by atoms with van der Waals surface area (Å²) in [6, 6.07) is 0. The van der Waals surface area contributed by atoms with Crippen molar-refractivity contribution in [3.05, 3.63) is 16.0 Å². The number of hydrogen-bond donors (Lipinski definition) is 0. The van der Waals surface area contributed by atoms with E-state index in [9.17, 15) is 4.79 Å². The van der Waals surface area contributed by atoms with Crippen LogP contribution in [0.5, 0.6) is 0 Å². The zero-order valence-corrected chi connectivity index (χ0v) is 11.1. The molecule has 1 fully saturated rings. The van der Waals surface area contributed by atoms with Crippen molar-refractivity contribution in [1.29, 1.82) is 0 Å². The van der Waals surface area contributed by atoms with Gasteiger partial charge in [0.25, 0.3) is 5.56 Å². The van der Waals surface area contributed by atoms with Crippen molar-refractivity contribution in [3.8, 4) is 0 Å². The molecular weight excluding hydrogens is 236 g/mol. The van der Waals surface area contributed by atoms with Gasteiger partial charge in [0.15, 0.2) is 0 Å². The molecule has 2 rings (SSSR count). The van der Waals surface area contributed by atoms with E-state index in [-0.39, 0.29) is 5.56 Å². The highest BCUT2D eigenvalue weighted by Crippen LogP contribution is 2.37. The predicted octanol–water partition coefficient (Wildman–Crippen LogP) is 1.73. The first-order valence-electron chi connectivity index (χ1n) is 5.71. The molecule has 0 unspecified atom stereocenters. The molecule has 0 N–H and O–H groups in total. The van der Waals surface area contributed by atoms with Gasteiger partial charge in [-0.25, -0.2) is 0 Å². The van der Waals surface area contributed by atoms with Gasteiger partial charge in [0.1, 0.15) is 5.69 Å². The van der Waals surface area contributed by atoms with Gasteiger partial charge < -0.3 is 0 Å². The lowest BCUT2D eigenvalue weighted by atomic mass is 10.3. The van der Waals surface area contributed by atoms with Crippen LogP contribution in [0, 0.1) is 5.92 Å². The third-order valence-corrected chi connectivity index (χ3v) is 3.08. The Morgan fingerprint density at radius 2 is 2.18 bits per heavy atom. The monoisotopic (exact) mass is 252 g/mol. The fourth-order valence-corrected chi connectivity index (χ4v) is 1.84. The van der Waals surface area contributed by atoms with Crippen LogP contribution in [0.25, 0.3) is 0 Å². The molecule has 0 aliphatic heterocycles. The fraction of sp³-hybridized carbons (Fsp3) is 0.636. The minimum Gasteiger partial charge on any atom is -0.265 e. The Morgan fingerprint density at radius 3 is 2.71 bits per heavy atom. The van der Waals surface area contributed by atoms with E-state index < -0.39 is 0 Å². The SMILES string of the molecule is CSc1nnc(C2CC2)c(=O)n1/N=C/C(C)C. The quantitative estimate of drug-likeness (QED) is 0.605. The van der Waals surface area contributed by atoms with Crippen LogP contribution in [0.3, 0.4) is 0 Å². The Labute approximate surface area is 104 Å². The van der Waals surface area contributed by atoms with Crippen molar-refractivity contribution in [1.82, 2.24) is 14.9 Å². The van der Waals surface area contributed by atoms with E-state index in [1.165, 1.54) is 16.4 Å². The van der Waals surface area contributed by atoms with E-state index in [1.807, 2.05) is 20.1 Å². The van der Waals surface area contributed by atoms with Crippen LogP contribution in [-0.4, -0.2) is 27.3 Å². The van der Waals surface area contributed by atoms with Crippen LogP contribution < -0.4 is 5.56 Å². The Morgan fingerprint density at radius 1 is 1.47 bits per heavy atom. The summed E-state index contributed by atoms with van der Waals surface area (Å²) in [5, 5.41) is 12.8. The second-order valence-electron chi connectivity index (χ2n) is 4.47. The van der Waals surface area contributed by atoms with Crippen LogP contribution >= 0.6 is 11.8 Å². The average molecular weight is 252 g/mol. The predicted molar refractivity (Wildman–Crippen MR) is 68.8 cm³/mol. The maximum absolute atomic E-state index is 12.2. The molecule has 1 heterocycles. The summed E-state index contributed by atoms with van der Waals surface area (Å²) in [5.41, 5.74) is 0.437. The number of thioether (sulfide) groups is 1. The minimum atomic E-state index is -0.122. The smallest absolute Gasteiger partial charge is 0.265 e. The Bertz CT molecular complexity index is 491. The highest BCUT2D eigenvalue weighted by atomic mass is 32.2. The third-order valence-electron chi connectivity index (χ3n) is 2.46. The molecule has 0 aromatic carbocycles. The summed E-state index contributed by atoms with van der Waals surface area (Å²) in [5.74, 6) is 0.598. The van der Waals surface area contributed by atoms with Crippen molar-refractivity contribution in [2.75, 3.05) is 6.26 Å². The summed E-state index contributed by atoms with van der Waals surface area (Å²) in [4.78, 5) is 12.2. The molecule has 1 aromatic rings. The maximum Gasteiger partial charge on any atom is 0.297 e. The maximum atomic E-state index is 12.2. The van der Waals surface area contributed by atoms with E-state index in [2.05, 4.69) is 15.3 Å². The molecule has 92 valence electrons. The summed E-state index contributed by atoms with van der Waals surface area (Å²) in [6.45, 7) is 4.04. The normalized spacial score (nSPS) is 16.0. The molecule has 0 bridgehead atoms. The van der Waals surface area contributed by atoms with Gasteiger partial charge in [0.05, 0.1) is 0 Å². The third kappa shape index (κ3) is 2.74. The summed E-state index contributed by atoms with van der Waals surface area (Å²) in [7, 11) is 0. The number of nitrogens with zero attached hydrogens (tertiary/aromatic N) is 4. The van der Waals surface area contributed by atoms with Gasteiger partial charge in [-0.3, -0.25) is 4.79 Å². The molecule has 1 aliphatic rings. The van der Waals surface area contributed by atoms with Gasteiger partial charge in [-0.05, 0) is 25.0 Å². The van der Waals surface area contributed by atoms with Gasteiger partial charge in [-0.15, -0.1) is 10.2 Å². The summed E-state index contributed by atoms with van der Waals surface area (Å²) < 4.78 is 1.37. The Kier molecular flexibility index (Phi) is 3.61. The van der Waals surface area contributed by atoms with E-state index in [0.29, 0.717) is 22.7 Å². The standard InChI is InChI=1S/C11H16N4OS/c1-7(2)6-12-15-10(16)9(8-4-5-8)13-14-11(15)17-3/h6-8H,4-5H2,1-3H3/b12-6+. The van der Waals surface area contributed by atoms with E-state index >= 15 is 0 Å². The van der Waals surface area contributed by atoms with Crippen LogP contribution in [0.2, 0.25) is 0 Å². The molecular formula is C11H16N4OS. The van der Waals surface area contributed by atoms with Crippen molar-refractivity contribution in [3.63, 3.8) is 0 Å². The Balaban J connectivity index is 2.45. The highest BCUT2D eigenvalue weighted by Gasteiger charge is 2.29. The van der Waals surface area contributed by atoms with Crippen molar-refractivity contribution >= 4 is 18.0 Å². The van der Waals surface area contributed by atoms with Crippen molar-refractivity contribution in [2.24, 2.45) is 11.0 Å². The van der Waals surface area contributed by atoms with Gasteiger partial charge >= 0.3 is 0 Å². The molecule has 5 nitrogen and oxygen atoms in total. The fourth-order valence-electron chi connectivity index (χ4n) is 1.42. The molecule has 0 spiro atoms. The first kappa shape index (κ1) is 12.3. The number of aromatic nitrogens is 3. The zero-order chi connectivity index (χ0) is 12.4. The molecule has 1 saturated carbocycles. The second kappa shape index (κ2) is 5.00. The average Bonchev–Trinajstić information content (AvgIpc) is 3.10. The molecule has 1 aliphatic carbocycles. The molecule has 17 heavy (non-hydrogen) atoms. The zero-order valence-electron chi connectivity index (χ0n) is 10.3. The molecule has 0 saturated heterocycles. The van der Waals surface area contributed by atoms with Crippen molar-refractivity contribution < 1.29 is 0 Å². The lowest BCUT2D eigenvalue weighted by Crippen LogP contribution is -2.25. The summed E-state index contributed by atoms with van der Waals surface area (Å²) >= 11 is 1.38. The lowest BCUT2D eigenvalue weighted by molar-refractivity contribution is 0.619. The van der Waals surface area contributed by atoms with Crippen molar-refractivity contribution in [2.45, 2.75) is 37.8 Å². The highest BCUT2D eigenvalue weighted by molar-refractivity contribution is 7.98. The van der Waals surface area contributed by atoms with Crippen LogP contribution in [-0.2, 0) is 0 Å². The van der Waals surface area contributed by atoms with E-state index in [0.717, 1.165) is 12.8 Å². The van der Waals surface area contributed by atoms with Crippen LogP contribution in [0.15, 0.2) is 15.1 Å². The van der Waals surface area contributed by atoms with Gasteiger partial charge in [-0.1, -0.05) is 25.6 Å². The van der Waals surface area contributed by atoms with Crippen LogP contribution in [0.1, 0.15) is 38.3 Å². The van der Waals surface area contributed by atoms with Gasteiger partial charge in [-0.2, -0.15) is 9.78 Å². The largest absolute Gasteiger partial charge is 0.297 e.